The standard InChI is InChI=1S/C23H22N4O3S2/c1-17-20-16-21(31-23(20)27(24-17)18-8-4-2-5-9-18)22(28)25-12-14-26(15-13-25)32(29,30)19-10-6-3-7-11-19/h2-11,16H,12-15H2,1H3. The fraction of sp³-hybridized carbons (Fsp3) is 0.217. The molecule has 0 bridgehead atoms. The van der Waals surface area contributed by atoms with Crippen LogP contribution >= 0.6 is 11.3 Å². The molecular formula is C23H22N4O3S2. The second kappa shape index (κ2) is 8.16. The molecule has 3 heterocycles. The van der Waals surface area contributed by atoms with E-state index in [1.54, 1.807) is 35.2 Å². The number of carbonyl (C=O) groups excluding carboxylic acids is 1. The highest BCUT2D eigenvalue weighted by atomic mass is 32.2. The summed E-state index contributed by atoms with van der Waals surface area (Å²) in [5.74, 6) is -0.0676. The molecule has 7 nitrogen and oxygen atoms in total. The van der Waals surface area contributed by atoms with Crippen molar-refractivity contribution < 1.29 is 13.2 Å². The largest absolute Gasteiger partial charge is 0.335 e. The number of amides is 1. The van der Waals surface area contributed by atoms with Gasteiger partial charge in [0.1, 0.15) is 4.83 Å². The average Bonchev–Trinajstić information content (AvgIpc) is 3.40. The van der Waals surface area contributed by atoms with Crippen molar-refractivity contribution in [1.29, 1.82) is 0 Å². The van der Waals surface area contributed by atoms with E-state index in [0.717, 1.165) is 21.6 Å². The van der Waals surface area contributed by atoms with Crippen LogP contribution in [0.15, 0.2) is 71.6 Å². The number of thiophene rings is 1. The van der Waals surface area contributed by atoms with Gasteiger partial charge in [0.05, 0.1) is 21.2 Å². The summed E-state index contributed by atoms with van der Waals surface area (Å²) in [5, 5.41) is 5.59. The Balaban J connectivity index is 1.35. The summed E-state index contributed by atoms with van der Waals surface area (Å²) >= 11 is 1.42. The van der Waals surface area contributed by atoms with Crippen molar-refractivity contribution in [2.75, 3.05) is 26.2 Å². The van der Waals surface area contributed by atoms with Gasteiger partial charge in [-0.3, -0.25) is 4.79 Å². The molecule has 32 heavy (non-hydrogen) atoms. The quantitative estimate of drug-likeness (QED) is 0.461. The van der Waals surface area contributed by atoms with Crippen LogP contribution in [0.5, 0.6) is 0 Å². The van der Waals surface area contributed by atoms with Crippen LogP contribution in [-0.4, -0.2) is 59.5 Å². The number of nitrogens with zero attached hydrogens (tertiary/aromatic N) is 4. The van der Waals surface area contributed by atoms with Gasteiger partial charge in [-0.15, -0.1) is 11.3 Å². The first-order valence-electron chi connectivity index (χ1n) is 10.3. The van der Waals surface area contributed by atoms with E-state index in [9.17, 15) is 13.2 Å². The van der Waals surface area contributed by atoms with Crippen LogP contribution in [0.3, 0.4) is 0 Å². The molecule has 1 aliphatic heterocycles. The molecule has 1 saturated heterocycles. The topological polar surface area (TPSA) is 75.5 Å². The summed E-state index contributed by atoms with van der Waals surface area (Å²) in [7, 11) is -3.54. The molecular weight excluding hydrogens is 444 g/mol. The Hall–Kier alpha value is -3.01. The fourth-order valence-electron chi connectivity index (χ4n) is 3.93. The van der Waals surface area contributed by atoms with Gasteiger partial charge in [0.25, 0.3) is 5.91 Å². The van der Waals surface area contributed by atoms with Crippen LogP contribution in [0.25, 0.3) is 15.9 Å². The number of rotatable bonds is 4. The highest BCUT2D eigenvalue weighted by Crippen LogP contribution is 2.31. The molecule has 9 heteroatoms. The van der Waals surface area contributed by atoms with Crippen molar-refractivity contribution in [2.24, 2.45) is 0 Å². The van der Waals surface area contributed by atoms with Gasteiger partial charge in [0, 0.05) is 31.6 Å². The fourth-order valence-corrected chi connectivity index (χ4v) is 6.52. The first kappa shape index (κ1) is 20.9. The van der Waals surface area contributed by atoms with Crippen molar-refractivity contribution in [3.05, 3.63) is 77.3 Å². The molecule has 0 spiro atoms. The maximum atomic E-state index is 13.2. The number of hydrogen-bond donors (Lipinski definition) is 0. The Morgan fingerprint density at radius 1 is 0.938 bits per heavy atom. The Bertz CT molecular complexity index is 1370. The highest BCUT2D eigenvalue weighted by Gasteiger charge is 2.31. The Kier molecular flexibility index (Phi) is 5.32. The van der Waals surface area contributed by atoms with Gasteiger partial charge in [0.2, 0.25) is 10.0 Å². The van der Waals surface area contributed by atoms with Gasteiger partial charge in [-0.25, -0.2) is 13.1 Å². The van der Waals surface area contributed by atoms with E-state index in [2.05, 4.69) is 5.10 Å². The maximum Gasteiger partial charge on any atom is 0.264 e. The molecule has 4 aromatic rings. The minimum atomic E-state index is -3.54. The van der Waals surface area contributed by atoms with Crippen molar-refractivity contribution in [2.45, 2.75) is 11.8 Å². The summed E-state index contributed by atoms with van der Waals surface area (Å²) in [4.78, 5) is 16.8. The number of hydrogen-bond acceptors (Lipinski definition) is 5. The smallest absolute Gasteiger partial charge is 0.264 e. The van der Waals surface area contributed by atoms with Crippen LogP contribution in [0.4, 0.5) is 0 Å². The Labute approximate surface area is 190 Å². The molecule has 1 aliphatic rings. The monoisotopic (exact) mass is 466 g/mol. The summed E-state index contributed by atoms with van der Waals surface area (Å²) in [6.45, 7) is 3.23. The minimum Gasteiger partial charge on any atom is -0.335 e. The summed E-state index contributed by atoms with van der Waals surface area (Å²) in [5.41, 5.74) is 1.82. The van der Waals surface area contributed by atoms with Gasteiger partial charge in [0.15, 0.2) is 0 Å². The van der Waals surface area contributed by atoms with Gasteiger partial charge in [-0.2, -0.15) is 9.40 Å². The van der Waals surface area contributed by atoms with E-state index in [1.165, 1.54) is 15.6 Å². The number of para-hydroxylation sites is 1. The zero-order chi connectivity index (χ0) is 22.3. The van der Waals surface area contributed by atoms with Crippen LogP contribution in [0, 0.1) is 6.92 Å². The molecule has 0 unspecified atom stereocenters. The van der Waals surface area contributed by atoms with Crippen molar-refractivity contribution in [3.63, 3.8) is 0 Å². The number of carbonyl (C=O) groups is 1. The third-order valence-electron chi connectivity index (χ3n) is 5.66. The lowest BCUT2D eigenvalue weighted by molar-refractivity contribution is 0.0703. The molecule has 2 aromatic heterocycles. The summed E-state index contributed by atoms with van der Waals surface area (Å²) in [6, 6.07) is 20.2. The Morgan fingerprint density at radius 2 is 1.56 bits per heavy atom. The average molecular weight is 467 g/mol. The molecule has 1 amide bonds. The van der Waals surface area contributed by atoms with E-state index >= 15 is 0 Å². The third-order valence-corrected chi connectivity index (χ3v) is 8.67. The van der Waals surface area contributed by atoms with Crippen LogP contribution in [0.1, 0.15) is 15.4 Å². The molecule has 0 saturated carbocycles. The van der Waals surface area contributed by atoms with Crippen molar-refractivity contribution in [1.82, 2.24) is 19.0 Å². The molecule has 5 rings (SSSR count). The van der Waals surface area contributed by atoms with E-state index in [-0.39, 0.29) is 23.9 Å². The van der Waals surface area contributed by atoms with Crippen LogP contribution in [0.2, 0.25) is 0 Å². The number of piperazine rings is 1. The zero-order valence-corrected chi connectivity index (χ0v) is 19.1. The predicted molar refractivity (Wildman–Crippen MR) is 125 cm³/mol. The number of benzene rings is 2. The molecule has 1 fully saturated rings. The van der Waals surface area contributed by atoms with E-state index < -0.39 is 10.0 Å². The van der Waals surface area contributed by atoms with Crippen LogP contribution in [-0.2, 0) is 10.0 Å². The number of fused-ring (bicyclic) bond motifs is 1. The number of sulfonamides is 1. The first-order valence-corrected chi connectivity index (χ1v) is 12.6. The van der Waals surface area contributed by atoms with Gasteiger partial charge >= 0.3 is 0 Å². The van der Waals surface area contributed by atoms with E-state index in [4.69, 9.17) is 0 Å². The zero-order valence-electron chi connectivity index (χ0n) is 17.5. The summed E-state index contributed by atoms with van der Waals surface area (Å²) < 4.78 is 29.0. The molecule has 2 aromatic carbocycles. The van der Waals surface area contributed by atoms with E-state index in [1.807, 2.05) is 48.0 Å². The molecule has 0 atom stereocenters. The molecule has 0 radical (unpaired) electrons. The van der Waals surface area contributed by atoms with Crippen LogP contribution < -0.4 is 0 Å². The molecule has 164 valence electrons. The Morgan fingerprint density at radius 3 is 2.22 bits per heavy atom. The normalized spacial score (nSPS) is 15.3. The molecule has 0 N–H and O–H groups in total. The number of aromatic nitrogens is 2. The SMILES string of the molecule is Cc1nn(-c2ccccc2)c2sc(C(=O)N3CCN(S(=O)(=O)c4ccccc4)CC3)cc12. The van der Waals surface area contributed by atoms with Gasteiger partial charge < -0.3 is 4.90 Å². The highest BCUT2D eigenvalue weighted by molar-refractivity contribution is 7.89. The van der Waals surface area contributed by atoms with Crippen molar-refractivity contribution >= 4 is 37.5 Å². The third kappa shape index (κ3) is 3.62. The maximum absolute atomic E-state index is 13.2. The lowest BCUT2D eigenvalue weighted by atomic mass is 10.2. The second-order valence-electron chi connectivity index (χ2n) is 7.67. The summed E-state index contributed by atoms with van der Waals surface area (Å²) in [6.07, 6.45) is 0. The lowest BCUT2D eigenvalue weighted by Crippen LogP contribution is -2.50. The van der Waals surface area contributed by atoms with Crippen molar-refractivity contribution in [3.8, 4) is 5.69 Å². The lowest BCUT2D eigenvalue weighted by Gasteiger charge is -2.33. The van der Waals surface area contributed by atoms with E-state index in [0.29, 0.717) is 18.0 Å². The minimum absolute atomic E-state index is 0.0676. The number of aryl methyl sites for hydroxylation is 1. The predicted octanol–water partition coefficient (Wildman–Crippen LogP) is 3.54. The van der Waals surface area contributed by atoms with Gasteiger partial charge in [-0.1, -0.05) is 36.4 Å². The second-order valence-corrected chi connectivity index (χ2v) is 10.6. The van der Waals surface area contributed by atoms with Gasteiger partial charge in [-0.05, 0) is 37.3 Å². The molecule has 0 aliphatic carbocycles. The first-order chi connectivity index (χ1) is 15.4.